The molecule has 1 rings (SSSR count). The minimum Gasteiger partial charge on any atom is -0.384 e. The van der Waals surface area contributed by atoms with Crippen molar-refractivity contribution in [3.05, 3.63) is 0 Å². The van der Waals surface area contributed by atoms with E-state index in [1.54, 1.807) is 0 Å². The Balaban J connectivity index is 2.43. The fraction of sp³-hybridized carbons (Fsp3) is 1.00. The minimum absolute atomic E-state index is 0.831. The van der Waals surface area contributed by atoms with Crippen molar-refractivity contribution >= 4 is 0 Å². The minimum atomic E-state index is 0.831. The highest BCUT2D eigenvalue weighted by molar-refractivity contribution is 4.99. The van der Waals surface area contributed by atoms with Crippen molar-refractivity contribution < 1.29 is 4.74 Å². The highest BCUT2D eigenvalue weighted by Crippen LogP contribution is 2.54. The van der Waals surface area contributed by atoms with Crippen LogP contribution in [-0.4, -0.2) is 13.7 Å². The molecule has 1 aliphatic rings. The van der Waals surface area contributed by atoms with Crippen LogP contribution in [0.5, 0.6) is 0 Å². The summed E-state index contributed by atoms with van der Waals surface area (Å²) in [6, 6.07) is 0. The van der Waals surface area contributed by atoms with Crippen molar-refractivity contribution in [2.75, 3.05) is 13.7 Å². The first kappa shape index (κ1) is 10.0. The third kappa shape index (κ3) is 1.82. The van der Waals surface area contributed by atoms with Gasteiger partial charge in [-0.25, -0.2) is 0 Å². The summed E-state index contributed by atoms with van der Waals surface area (Å²) in [6.45, 7) is 10.3. The molecule has 1 heteroatoms. The first-order valence-electron chi connectivity index (χ1n) is 5.08. The second-order valence-corrected chi connectivity index (χ2v) is 4.76. The standard InChI is InChI=1S/C11H22O/c1-7(2)10-9(6-12-5)11(10)8(3)4/h7-11H,6H2,1-5H3. The van der Waals surface area contributed by atoms with E-state index < -0.39 is 0 Å². The van der Waals surface area contributed by atoms with Gasteiger partial charge in [0.2, 0.25) is 0 Å². The lowest BCUT2D eigenvalue weighted by molar-refractivity contribution is 0.173. The van der Waals surface area contributed by atoms with E-state index in [9.17, 15) is 0 Å². The molecule has 2 unspecified atom stereocenters. The second-order valence-electron chi connectivity index (χ2n) is 4.76. The van der Waals surface area contributed by atoms with Crippen molar-refractivity contribution in [1.29, 1.82) is 0 Å². The molecule has 0 radical (unpaired) electrons. The molecule has 1 nitrogen and oxygen atoms in total. The van der Waals surface area contributed by atoms with E-state index in [1.165, 1.54) is 0 Å². The molecule has 0 amide bonds. The van der Waals surface area contributed by atoms with Crippen LogP contribution in [0.4, 0.5) is 0 Å². The maximum absolute atomic E-state index is 5.23. The molecule has 2 atom stereocenters. The van der Waals surface area contributed by atoms with Crippen LogP contribution >= 0.6 is 0 Å². The van der Waals surface area contributed by atoms with Crippen LogP contribution in [0.2, 0.25) is 0 Å². The molecule has 1 aliphatic carbocycles. The summed E-state index contributed by atoms with van der Waals surface area (Å²) in [6.07, 6.45) is 0. The number of hydrogen-bond acceptors (Lipinski definition) is 1. The summed E-state index contributed by atoms with van der Waals surface area (Å²) in [5.74, 6) is 4.35. The van der Waals surface area contributed by atoms with Gasteiger partial charge in [-0.3, -0.25) is 0 Å². The average molecular weight is 170 g/mol. The van der Waals surface area contributed by atoms with Gasteiger partial charge in [0.25, 0.3) is 0 Å². The summed E-state index contributed by atoms with van der Waals surface area (Å²) in [4.78, 5) is 0. The van der Waals surface area contributed by atoms with E-state index in [0.29, 0.717) is 0 Å². The van der Waals surface area contributed by atoms with Crippen LogP contribution in [0.25, 0.3) is 0 Å². The van der Waals surface area contributed by atoms with E-state index in [0.717, 1.165) is 36.2 Å². The Labute approximate surface area is 76.5 Å². The Kier molecular flexibility index (Phi) is 3.16. The lowest BCUT2D eigenvalue weighted by Gasteiger charge is -2.04. The van der Waals surface area contributed by atoms with Gasteiger partial charge < -0.3 is 4.74 Å². The third-order valence-corrected chi connectivity index (χ3v) is 3.19. The summed E-state index contributed by atoms with van der Waals surface area (Å²) < 4.78 is 5.23. The maximum atomic E-state index is 5.23. The molecule has 0 spiro atoms. The molecule has 1 fully saturated rings. The van der Waals surface area contributed by atoms with Gasteiger partial charge in [0.1, 0.15) is 0 Å². The molecule has 0 saturated heterocycles. The zero-order valence-corrected chi connectivity index (χ0v) is 9.00. The molecule has 1 saturated carbocycles. The number of rotatable bonds is 4. The normalized spacial score (nSPS) is 34.8. The fourth-order valence-corrected chi connectivity index (χ4v) is 2.72. The van der Waals surface area contributed by atoms with Crippen molar-refractivity contribution in [2.45, 2.75) is 27.7 Å². The Morgan fingerprint density at radius 3 is 1.67 bits per heavy atom. The largest absolute Gasteiger partial charge is 0.384 e. The van der Waals surface area contributed by atoms with E-state index in [2.05, 4.69) is 27.7 Å². The summed E-state index contributed by atoms with van der Waals surface area (Å²) in [5.41, 5.74) is 0. The average Bonchev–Trinajstić information content (AvgIpc) is 2.63. The highest BCUT2D eigenvalue weighted by atomic mass is 16.5. The molecule has 0 bridgehead atoms. The van der Waals surface area contributed by atoms with Gasteiger partial charge in [0.15, 0.2) is 0 Å². The van der Waals surface area contributed by atoms with Crippen LogP contribution in [0.3, 0.4) is 0 Å². The van der Waals surface area contributed by atoms with Crippen LogP contribution in [0, 0.1) is 29.6 Å². The molecule has 0 heterocycles. The highest BCUT2D eigenvalue weighted by Gasteiger charge is 2.52. The molecule has 12 heavy (non-hydrogen) atoms. The van der Waals surface area contributed by atoms with Gasteiger partial charge in [-0.05, 0) is 29.6 Å². The Hall–Kier alpha value is -0.0400. The van der Waals surface area contributed by atoms with Crippen molar-refractivity contribution in [3.8, 4) is 0 Å². The van der Waals surface area contributed by atoms with E-state index in [-0.39, 0.29) is 0 Å². The van der Waals surface area contributed by atoms with Crippen LogP contribution in [0.15, 0.2) is 0 Å². The Morgan fingerprint density at radius 1 is 1.00 bits per heavy atom. The van der Waals surface area contributed by atoms with E-state index in [4.69, 9.17) is 4.74 Å². The maximum Gasteiger partial charge on any atom is 0.0496 e. The predicted octanol–water partition coefficient (Wildman–Crippen LogP) is 2.81. The van der Waals surface area contributed by atoms with Crippen molar-refractivity contribution in [2.24, 2.45) is 29.6 Å². The SMILES string of the molecule is COCC1C(C(C)C)C1C(C)C. The topological polar surface area (TPSA) is 9.23 Å². The molecular formula is C11H22O. The zero-order valence-electron chi connectivity index (χ0n) is 9.00. The Morgan fingerprint density at radius 2 is 1.42 bits per heavy atom. The molecule has 0 aromatic carbocycles. The first-order chi connectivity index (χ1) is 5.59. The lowest BCUT2D eigenvalue weighted by atomic mass is 10.0. The Bertz CT molecular complexity index is 126. The number of methoxy groups -OCH3 is 1. The summed E-state index contributed by atoms with van der Waals surface area (Å²) in [5, 5.41) is 0. The molecule has 0 aromatic heterocycles. The fourth-order valence-electron chi connectivity index (χ4n) is 2.72. The molecule has 72 valence electrons. The lowest BCUT2D eigenvalue weighted by Crippen LogP contribution is -1.97. The molecule has 0 N–H and O–H groups in total. The monoisotopic (exact) mass is 170 g/mol. The van der Waals surface area contributed by atoms with Gasteiger partial charge in [-0.2, -0.15) is 0 Å². The van der Waals surface area contributed by atoms with E-state index in [1.807, 2.05) is 7.11 Å². The second kappa shape index (κ2) is 3.78. The van der Waals surface area contributed by atoms with Crippen molar-refractivity contribution in [3.63, 3.8) is 0 Å². The summed E-state index contributed by atoms with van der Waals surface area (Å²) >= 11 is 0. The molecular weight excluding hydrogens is 148 g/mol. The van der Waals surface area contributed by atoms with Crippen LogP contribution < -0.4 is 0 Å². The molecule has 0 aromatic rings. The predicted molar refractivity (Wildman–Crippen MR) is 52.0 cm³/mol. The third-order valence-electron chi connectivity index (χ3n) is 3.19. The molecule has 0 aliphatic heterocycles. The van der Waals surface area contributed by atoms with Gasteiger partial charge in [0.05, 0.1) is 0 Å². The first-order valence-corrected chi connectivity index (χ1v) is 5.08. The van der Waals surface area contributed by atoms with Gasteiger partial charge in [-0.15, -0.1) is 0 Å². The number of hydrogen-bond donors (Lipinski definition) is 0. The quantitative estimate of drug-likeness (QED) is 0.630. The van der Waals surface area contributed by atoms with Gasteiger partial charge in [-0.1, -0.05) is 27.7 Å². The van der Waals surface area contributed by atoms with Gasteiger partial charge in [0, 0.05) is 13.7 Å². The van der Waals surface area contributed by atoms with Crippen molar-refractivity contribution in [1.82, 2.24) is 0 Å². The van der Waals surface area contributed by atoms with E-state index >= 15 is 0 Å². The zero-order chi connectivity index (χ0) is 9.30. The van der Waals surface area contributed by atoms with Crippen LogP contribution in [-0.2, 0) is 4.74 Å². The number of ether oxygens (including phenoxy) is 1. The van der Waals surface area contributed by atoms with Crippen LogP contribution in [0.1, 0.15) is 27.7 Å². The van der Waals surface area contributed by atoms with Gasteiger partial charge >= 0.3 is 0 Å². The summed E-state index contributed by atoms with van der Waals surface area (Å²) in [7, 11) is 1.81. The smallest absolute Gasteiger partial charge is 0.0496 e.